The molecule has 194 valence electrons. The first-order valence-electron chi connectivity index (χ1n) is 13.9. The molecule has 1 heterocycles. The average Bonchev–Trinajstić information content (AvgIpc) is 3.60. The first-order valence-corrected chi connectivity index (χ1v) is 13.9. The molecule has 6 aromatic carbocycles. The summed E-state index contributed by atoms with van der Waals surface area (Å²) in [6.07, 6.45) is 0. The van der Waals surface area contributed by atoms with Crippen molar-refractivity contribution in [3.05, 3.63) is 174 Å². The van der Waals surface area contributed by atoms with Crippen molar-refractivity contribution in [1.82, 2.24) is 4.98 Å². The van der Waals surface area contributed by atoms with Crippen LogP contribution in [0.4, 0.5) is 11.4 Å². The molecule has 0 bridgehead atoms. The van der Waals surface area contributed by atoms with Gasteiger partial charge in [0.2, 0.25) is 5.89 Å². The SMILES string of the molecule is c1ccc(Nc2cc3c(cc2-c2nc4ccccc4o2)-c2ccccc2C3(c2ccccc2)c2ccccc2)cc1. The maximum atomic E-state index is 6.35. The maximum Gasteiger partial charge on any atom is 0.229 e. The molecule has 3 heteroatoms. The number of aromatic nitrogens is 1. The van der Waals surface area contributed by atoms with Crippen LogP contribution in [-0.4, -0.2) is 4.98 Å². The van der Waals surface area contributed by atoms with Gasteiger partial charge in [0.05, 0.1) is 16.7 Å². The number of fused-ring (bicyclic) bond motifs is 4. The van der Waals surface area contributed by atoms with Crippen molar-refractivity contribution >= 4 is 22.5 Å². The van der Waals surface area contributed by atoms with Gasteiger partial charge >= 0.3 is 0 Å². The van der Waals surface area contributed by atoms with E-state index in [1.54, 1.807) is 0 Å². The van der Waals surface area contributed by atoms with Crippen LogP contribution < -0.4 is 5.32 Å². The van der Waals surface area contributed by atoms with Crippen molar-refractivity contribution < 1.29 is 4.42 Å². The van der Waals surface area contributed by atoms with Crippen molar-refractivity contribution in [3.63, 3.8) is 0 Å². The molecule has 0 aliphatic heterocycles. The molecule has 0 radical (unpaired) electrons. The summed E-state index contributed by atoms with van der Waals surface area (Å²) in [6, 6.07) is 53.3. The van der Waals surface area contributed by atoms with Gasteiger partial charge in [0.1, 0.15) is 5.52 Å². The van der Waals surface area contributed by atoms with Gasteiger partial charge in [-0.05, 0) is 69.8 Å². The molecule has 1 aliphatic carbocycles. The van der Waals surface area contributed by atoms with E-state index in [0.29, 0.717) is 5.89 Å². The molecule has 1 N–H and O–H groups in total. The Kier molecular flexibility index (Phi) is 5.36. The summed E-state index contributed by atoms with van der Waals surface area (Å²) >= 11 is 0. The Labute approximate surface area is 238 Å². The van der Waals surface area contributed by atoms with Crippen molar-refractivity contribution in [1.29, 1.82) is 0 Å². The Morgan fingerprint density at radius 3 is 1.83 bits per heavy atom. The third-order valence-electron chi connectivity index (χ3n) is 8.17. The Bertz CT molecular complexity index is 1940. The Balaban J connectivity index is 1.47. The molecule has 0 amide bonds. The molecule has 1 aliphatic rings. The molecule has 0 atom stereocenters. The zero-order valence-electron chi connectivity index (χ0n) is 22.3. The number of anilines is 2. The second-order valence-electron chi connectivity index (χ2n) is 10.4. The molecule has 0 spiro atoms. The first-order chi connectivity index (χ1) is 20.3. The van der Waals surface area contributed by atoms with Gasteiger partial charge in [-0.3, -0.25) is 0 Å². The van der Waals surface area contributed by atoms with Crippen LogP contribution in [0.1, 0.15) is 22.3 Å². The maximum absolute atomic E-state index is 6.35. The summed E-state index contributed by atoms with van der Waals surface area (Å²) in [5, 5.41) is 3.71. The molecule has 0 saturated heterocycles. The topological polar surface area (TPSA) is 38.1 Å². The molecular formula is C38H26N2O. The van der Waals surface area contributed by atoms with Gasteiger partial charge in [-0.2, -0.15) is 0 Å². The van der Waals surface area contributed by atoms with Crippen LogP contribution in [0.25, 0.3) is 33.7 Å². The van der Waals surface area contributed by atoms with E-state index in [-0.39, 0.29) is 0 Å². The Hall–Kier alpha value is -5.41. The fraction of sp³-hybridized carbons (Fsp3) is 0.0263. The Morgan fingerprint density at radius 1 is 0.512 bits per heavy atom. The van der Waals surface area contributed by atoms with Crippen molar-refractivity contribution in [3.8, 4) is 22.6 Å². The minimum Gasteiger partial charge on any atom is -0.436 e. The fourth-order valence-corrected chi connectivity index (χ4v) is 6.43. The fourth-order valence-electron chi connectivity index (χ4n) is 6.43. The van der Waals surface area contributed by atoms with Crippen molar-refractivity contribution in [2.45, 2.75) is 5.41 Å². The number of hydrogen-bond acceptors (Lipinski definition) is 3. The Morgan fingerprint density at radius 2 is 1.12 bits per heavy atom. The monoisotopic (exact) mass is 526 g/mol. The van der Waals surface area contributed by atoms with Gasteiger partial charge in [-0.15, -0.1) is 0 Å². The lowest BCUT2D eigenvalue weighted by Crippen LogP contribution is -2.28. The highest BCUT2D eigenvalue weighted by atomic mass is 16.3. The van der Waals surface area contributed by atoms with Crippen LogP contribution in [0.2, 0.25) is 0 Å². The zero-order chi connectivity index (χ0) is 27.2. The highest BCUT2D eigenvalue weighted by Crippen LogP contribution is 2.57. The van der Waals surface area contributed by atoms with E-state index < -0.39 is 5.41 Å². The summed E-state index contributed by atoms with van der Waals surface area (Å²) in [4.78, 5) is 4.91. The largest absolute Gasteiger partial charge is 0.436 e. The average molecular weight is 527 g/mol. The van der Waals surface area contributed by atoms with Gasteiger partial charge in [-0.25, -0.2) is 4.98 Å². The summed E-state index contributed by atoms with van der Waals surface area (Å²) < 4.78 is 6.35. The van der Waals surface area contributed by atoms with Crippen LogP contribution in [0.5, 0.6) is 0 Å². The third kappa shape index (κ3) is 3.63. The summed E-state index contributed by atoms with van der Waals surface area (Å²) in [6.45, 7) is 0. The predicted octanol–water partition coefficient (Wildman–Crippen LogP) is 9.60. The second-order valence-corrected chi connectivity index (χ2v) is 10.4. The summed E-state index contributed by atoms with van der Waals surface area (Å²) in [5.74, 6) is 0.599. The molecule has 0 unspecified atom stereocenters. The number of rotatable bonds is 5. The molecule has 8 rings (SSSR count). The predicted molar refractivity (Wildman–Crippen MR) is 166 cm³/mol. The first kappa shape index (κ1) is 23.5. The van der Waals surface area contributed by atoms with Crippen LogP contribution in [-0.2, 0) is 5.41 Å². The zero-order valence-corrected chi connectivity index (χ0v) is 22.3. The normalized spacial score (nSPS) is 13.1. The number of nitrogens with one attached hydrogen (secondary N) is 1. The van der Waals surface area contributed by atoms with Crippen LogP contribution >= 0.6 is 0 Å². The lowest BCUT2D eigenvalue weighted by atomic mass is 9.67. The van der Waals surface area contributed by atoms with E-state index >= 15 is 0 Å². The number of para-hydroxylation sites is 3. The van der Waals surface area contributed by atoms with Crippen molar-refractivity contribution in [2.24, 2.45) is 0 Å². The van der Waals surface area contributed by atoms with E-state index in [0.717, 1.165) is 28.0 Å². The number of hydrogen-bond donors (Lipinski definition) is 1. The number of oxazole rings is 1. The molecule has 0 saturated carbocycles. The van der Waals surface area contributed by atoms with Crippen LogP contribution in [0, 0.1) is 0 Å². The van der Waals surface area contributed by atoms with Crippen LogP contribution in [0.15, 0.2) is 156 Å². The lowest BCUT2D eigenvalue weighted by molar-refractivity contribution is 0.620. The van der Waals surface area contributed by atoms with E-state index in [1.165, 1.54) is 33.4 Å². The van der Waals surface area contributed by atoms with Gasteiger partial charge in [-0.1, -0.05) is 115 Å². The molecule has 41 heavy (non-hydrogen) atoms. The van der Waals surface area contributed by atoms with Crippen molar-refractivity contribution in [2.75, 3.05) is 5.32 Å². The van der Waals surface area contributed by atoms with Crippen LogP contribution in [0.3, 0.4) is 0 Å². The molecule has 0 fully saturated rings. The lowest BCUT2D eigenvalue weighted by Gasteiger charge is -2.34. The van der Waals surface area contributed by atoms with E-state index in [1.807, 2.05) is 42.5 Å². The molecule has 1 aromatic heterocycles. The van der Waals surface area contributed by atoms with E-state index in [2.05, 4.69) is 115 Å². The third-order valence-corrected chi connectivity index (χ3v) is 8.17. The minimum absolute atomic E-state index is 0.485. The number of benzene rings is 6. The second kappa shape index (κ2) is 9.35. The molecular weight excluding hydrogens is 500 g/mol. The van der Waals surface area contributed by atoms with Gasteiger partial charge in [0.15, 0.2) is 5.58 Å². The van der Waals surface area contributed by atoms with Gasteiger partial charge in [0.25, 0.3) is 0 Å². The minimum atomic E-state index is -0.485. The quantitative estimate of drug-likeness (QED) is 0.243. The van der Waals surface area contributed by atoms with Gasteiger partial charge < -0.3 is 9.73 Å². The van der Waals surface area contributed by atoms with Gasteiger partial charge in [0, 0.05) is 5.69 Å². The van der Waals surface area contributed by atoms with E-state index in [9.17, 15) is 0 Å². The smallest absolute Gasteiger partial charge is 0.229 e. The van der Waals surface area contributed by atoms with E-state index in [4.69, 9.17) is 9.40 Å². The summed E-state index contributed by atoms with van der Waals surface area (Å²) in [7, 11) is 0. The highest BCUT2D eigenvalue weighted by molar-refractivity contribution is 5.93. The summed E-state index contributed by atoms with van der Waals surface area (Å²) in [5.41, 5.74) is 11.4. The number of nitrogens with zero attached hydrogens (tertiary/aromatic N) is 1. The molecule has 7 aromatic rings. The molecule has 3 nitrogen and oxygen atoms in total. The highest BCUT2D eigenvalue weighted by Gasteiger charge is 2.46. The standard InChI is InChI=1S/C38H26N2O/c1-4-14-26(15-5-1)38(27-16-6-2-7-17-27)32-21-11-10-20-29(32)30-24-31(37-40-34-22-12-13-23-36(34)41-37)35(25-33(30)38)39-28-18-8-3-9-19-28/h1-25,39H.